The standard InChI is InChI=1S/C21H20ClFN4O3S2/c1-2-30-19-10-17-14(9-18(19)27-20(28)8-13-5-6-31-32(13)29)21(25-11-24-17)26-12-3-4-16(23)15(22)7-12/h3-4,7,9-11,13H,2,5-6,8H2,1H3,(H,27,28)(H,24,25,26). The van der Waals surface area contributed by atoms with Crippen LogP contribution in [0.2, 0.25) is 5.02 Å². The van der Waals surface area contributed by atoms with Crippen molar-refractivity contribution in [3.8, 4) is 5.75 Å². The summed E-state index contributed by atoms with van der Waals surface area (Å²) in [5, 5.41) is 6.46. The lowest BCUT2D eigenvalue weighted by molar-refractivity contribution is -0.116. The van der Waals surface area contributed by atoms with Crippen LogP contribution in [0.15, 0.2) is 36.7 Å². The molecule has 7 nitrogen and oxygen atoms in total. The van der Waals surface area contributed by atoms with Crippen molar-refractivity contribution in [3.05, 3.63) is 47.5 Å². The van der Waals surface area contributed by atoms with Crippen LogP contribution in [0.1, 0.15) is 19.8 Å². The highest BCUT2D eigenvalue weighted by molar-refractivity contribution is 8.72. The fourth-order valence-electron chi connectivity index (χ4n) is 3.30. The zero-order valence-electron chi connectivity index (χ0n) is 17.1. The molecule has 0 bridgehead atoms. The molecule has 1 saturated heterocycles. The fourth-order valence-corrected chi connectivity index (χ4v) is 6.82. The topological polar surface area (TPSA) is 99.2 Å². The monoisotopic (exact) mass is 494 g/mol. The molecular weight excluding hydrogens is 475 g/mol. The van der Waals surface area contributed by atoms with Crippen LogP contribution in [0.5, 0.6) is 5.75 Å². The van der Waals surface area contributed by atoms with Gasteiger partial charge < -0.3 is 19.9 Å². The molecule has 2 heterocycles. The zero-order valence-corrected chi connectivity index (χ0v) is 19.5. The number of carbonyl (C=O) groups is 1. The molecule has 3 aromatic rings. The van der Waals surface area contributed by atoms with E-state index in [0.29, 0.717) is 40.5 Å². The van der Waals surface area contributed by atoms with Crippen molar-refractivity contribution in [2.24, 2.45) is 0 Å². The third-order valence-corrected chi connectivity index (χ3v) is 8.70. The number of hydrogen-bond donors (Lipinski definition) is 2. The number of hydrogen-bond acceptors (Lipinski definition) is 7. The third-order valence-electron chi connectivity index (χ3n) is 4.82. The minimum Gasteiger partial charge on any atom is -0.605 e. The first-order valence-corrected chi connectivity index (χ1v) is 13.0. The van der Waals surface area contributed by atoms with Crippen molar-refractivity contribution in [2.45, 2.75) is 25.0 Å². The van der Waals surface area contributed by atoms with E-state index in [1.165, 1.54) is 29.3 Å². The predicted octanol–water partition coefficient (Wildman–Crippen LogP) is 5.06. The van der Waals surface area contributed by atoms with Gasteiger partial charge in [0.05, 0.1) is 40.0 Å². The molecule has 1 aromatic heterocycles. The van der Waals surface area contributed by atoms with Crippen LogP contribution in [-0.2, 0) is 15.0 Å². The van der Waals surface area contributed by atoms with Crippen LogP contribution >= 0.6 is 22.4 Å². The number of nitrogens with one attached hydrogen (secondary N) is 2. The van der Waals surface area contributed by atoms with Gasteiger partial charge in [0.2, 0.25) is 5.91 Å². The van der Waals surface area contributed by atoms with Crippen LogP contribution in [0.4, 0.5) is 21.6 Å². The molecular formula is C21H20ClFN4O3S2. The van der Waals surface area contributed by atoms with Gasteiger partial charge in [0.25, 0.3) is 0 Å². The van der Waals surface area contributed by atoms with Gasteiger partial charge in [-0.2, -0.15) is 0 Å². The Labute approximate surface area is 196 Å². The Morgan fingerprint density at radius 1 is 1.38 bits per heavy atom. The fraction of sp³-hybridized carbons (Fsp3) is 0.286. The molecule has 1 amide bonds. The first-order valence-electron chi connectivity index (χ1n) is 9.92. The van der Waals surface area contributed by atoms with Crippen LogP contribution in [0.3, 0.4) is 0 Å². The van der Waals surface area contributed by atoms with Gasteiger partial charge in [0.1, 0.15) is 29.0 Å². The van der Waals surface area contributed by atoms with E-state index in [1.807, 2.05) is 6.92 Å². The van der Waals surface area contributed by atoms with Gasteiger partial charge in [-0.05, 0) is 31.2 Å². The van der Waals surface area contributed by atoms with Crippen LogP contribution in [-0.4, -0.2) is 38.0 Å². The van der Waals surface area contributed by atoms with Crippen molar-refractivity contribution in [1.82, 2.24) is 9.97 Å². The first-order chi connectivity index (χ1) is 15.4. The number of anilines is 3. The molecule has 1 fully saturated rings. The van der Waals surface area contributed by atoms with Gasteiger partial charge in [0, 0.05) is 39.5 Å². The summed E-state index contributed by atoms with van der Waals surface area (Å²) in [6.45, 7) is 2.25. The lowest BCUT2D eigenvalue weighted by atomic mass is 10.1. The maximum Gasteiger partial charge on any atom is 0.229 e. The molecule has 2 aromatic carbocycles. The van der Waals surface area contributed by atoms with Crippen molar-refractivity contribution < 1.29 is 18.5 Å². The Kier molecular flexibility index (Phi) is 7.24. The summed E-state index contributed by atoms with van der Waals surface area (Å²) >= 11 is 5.88. The van der Waals surface area contributed by atoms with Gasteiger partial charge in [-0.15, -0.1) is 0 Å². The summed E-state index contributed by atoms with van der Waals surface area (Å²) in [5.74, 6) is 0.986. The normalized spacial score (nSPS) is 18.0. The highest BCUT2D eigenvalue weighted by Gasteiger charge is 2.33. The number of nitrogens with zero attached hydrogens (tertiary/aromatic N) is 2. The average molecular weight is 495 g/mol. The number of halogens is 2. The van der Waals surface area contributed by atoms with Crippen molar-refractivity contribution in [2.75, 3.05) is 23.0 Å². The van der Waals surface area contributed by atoms with Crippen LogP contribution < -0.4 is 15.4 Å². The number of rotatable bonds is 7. The SMILES string of the molecule is CCOc1cc2ncnc(Nc3ccc(F)c(Cl)c3)c2cc1NC(=O)CC1CCS[S+]1[O-]. The van der Waals surface area contributed by atoms with E-state index in [2.05, 4.69) is 20.6 Å². The second-order valence-electron chi connectivity index (χ2n) is 7.02. The molecule has 1 aliphatic rings. The lowest BCUT2D eigenvalue weighted by Gasteiger charge is -2.16. The molecule has 0 radical (unpaired) electrons. The number of aromatic nitrogens is 2. The van der Waals surface area contributed by atoms with E-state index in [1.54, 1.807) is 18.2 Å². The van der Waals surface area contributed by atoms with E-state index >= 15 is 0 Å². The van der Waals surface area contributed by atoms with Gasteiger partial charge in [0.15, 0.2) is 0 Å². The summed E-state index contributed by atoms with van der Waals surface area (Å²) in [6.07, 6.45) is 2.33. The van der Waals surface area contributed by atoms with E-state index in [9.17, 15) is 13.7 Å². The van der Waals surface area contributed by atoms with Crippen molar-refractivity contribution in [1.29, 1.82) is 0 Å². The largest absolute Gasteiger partial charge is 0.605 e. The Morgan fingerprint density at radius 3 is 2.94 bits per heavy atom. The second kappa shape index (κ2) is 10.1. The van der Waals surface area contributed by atoms with E-state index in [-0.39, 0.29) is 22.6 Å². The molecule has 2 unspecified atom stereocenters. The number of fused-ring (bicyclic) bond motifs is 1. The molecule has 168 valence electrons. The van der Waals surface area contributed by atoms with E-state index < -0.39 is 16.0 Å². The highest BCUT2D eigenvalue weighted by Crippen LogP contribution is 2.35. The Hall–Kier alpha value is -2.27. The van der Waals surface area contributed by atoms with Crippen LogP contribution in [0.25, 0.3) is 10.9 Å². The van der Waals surface area contributed by atoms with Gasteiger partial charge >= 0.3 is 0 Å². The molecule has 2 atom stereocenters. The summed E-state index contributed by atoms with van der Waals surface area (Å²) in [7, 11) is 0.338. The minimum absolute atomic E-state index is 0.0117. The maximum atomic E-state index is 13.5. The summed E-state index contributed by atoms with van der Waals surface area (Å²) in [4.78, 5) is 21.2. The molecule has 2 N–H and O–H groups in total. The third kappa shape index (κ3) is 5.20. The minimum atomic E-state index is -1.04. The summed E-state index contributed by atoms with van der Waals surface area (Å²) in [5.41, 5.74) is 1.62. The van der Waals surface area contributed by atoms with Crippen LogP contribution in [0, 0.1) is 5.82 Å². The molecule has 32 heavy (non-hydrogen) atoms. The molecule has 0 spiro atoms. The highest BCUT2D eigenvalue weighted by atomic mass is 35.5. The number of amides is 1. The van der Waals surface area contributed by atoms with Gasteiger partial charge in [-0.25, -0.2) is 14.4 Å². The Morgan fingerprint density at radius 2 is 2.22 bits per heavy atom. The average Bonchev–Trinajstić information content (AvgIpc) is 3.16. The first kappa shape index (κ1) is 22.9. The smallest absolute Gasteiger partial charge is 0.229 e. The molecule has 0 saturated carbocycles. The Balaban J connectivity index is 1.64. The number of benzene rings is 2. The Bertz CT molecular complexity index is 1150. The quantitative estimate of drug-likeness (QED) is 0.349. The zero-order chi connectivity index (χ0) is 22.7. The predicted molar refractivity (Wildman–Crippen MR) is 128 cm³/mol. The molecule has 11 heteroatoms. The van der Waals surface area contributed by atoms with E-state index in [0.717, 1.165) is 12.2 Å². The van der Waals surface area contributed by atoms with E-state index in [4.69, 9.17) is 16.3 Å². The summed E-state index contributed by atoms with van der Waals surface area (Å²) in [6, 6.07) is 7.72. The summed E-state index contributed by atoms with van der Waals surface area (Å²) < 4.78 is 31.2. The molecule has 1 aliphatic heterocycles. The van der Waals surface area contributed by atoms with Gasteiger partial charge in [-0.1, -0.05) is 11.6 Å². The second-order valence-corrected chi connectivity index (χ2v) is 11.0. The maximum absolute atomic E-state index is 13.5. The van der Waals surface area contributed by atoms with Crippen molar-refractivity contribution in [3.63, 3.8) is 0 Å². The van der Waals surface area contributed by atoms with Gasteiger partial charge in [-0.3, -0.25) is 4.79 Å². The number of ether oxygens (including phenoxy) is 1. The molecule has 0 aliphatic carbocycles. The number of carbonyl (C=O) groups excluding carboxylic acids is 1. The lowest BCUT2D eigenvalue weighted by Crippen LogP contribution is -2.22. The van der Waals surface area contributed by atoms with Crippen molar-refractivity contribution >= 4 is 66.6 Å². The molecule has 4 rings (SSSR count).